The third-order valence-electron chi connectivity index (χ3n) is 4.28. The highest BCUT2D eigenvalue weighted by atomic mass is 31.1. The summed E-state index contributed by atoms with van der Waals surface area (Å²) in [7, 11) is -0.436. The van der Waals surface area contributed by atoms with E-state index in [1.807, 2.05) is 6.08 Å². The maximum absolute atomic E-state index is 12.2. The highest BCUT2D eigenvalue weighted by Crippen LogP contribution is 2.27. The molecule has 1 rings (SSSR count). The predicted octanol–water partition coefficient (Wildman–Crippen LogP) is 4.51. The van der Waals surface area contributed by atoms with E-state index in [4.69, 9.17) is 15.0 Å². The molecule has 2 N–H and O–H groups in total. The Balaban J connectivity index is 2.44. The van der Waals surface area contributed by atoms with Gasteiger partial charge in [0.15, 0.2) is 6.23 Å². The van der Waals surface area contributed by atoms with Gasteiger partial charge in [-0.25, -0.2) is 9.36 Å². The van der Waals surface area contributed by atoms with Crippen LogP contribution in [0.25, 0.3) is 0 Å². The van der Waals surface area contributed by atoms with Crippen LogP contribution in [0.1, 0.15) is 71.1 Å². The number of carbonyl (C=O) groups excluding carboxylic acids is 1. The molecule has 132 valence electrons. The van der Waals surface area contributed by atoms with Crippen LogP contribution in [0.4, 0.5) is 0 Å². The summed E-state index contributed by atoms with van der Waals surface area (Å²) >= 11 is 0. The number of esters is 1. The number of rotatable bonds is 11. The number of hydrogen-bond acceptors (Lipinski definition) is 5. The van der Waals surface area contributed by atoms with Gasteiger partial charge in [-0.15, -0.1) is 0 Å². The zero-order valence-corrected chi connectivity index (χ0v) is 15.1. The number of allylic oxidation sites excluding steroid dienone is 1. The first kappa shape index (κ1) is 20.3. The summed E-state index contributed by atoms with van der Waals surface area (Å²) in [5.74, 6) is 0.105. The van der Waals surface area contributed by atoms with E-state index in [0.29, 0.717) is 11.5 Å². The standard InChI is InChI=1S/C17H30NO4P/c1-2-3-4-8-11-15(13-21-23-20)17(19)22-16(18)12-14-9-6-5-7-10-14/h11,14,16H,2-10,12-13,18H2,1H3/b15-11+. The maximum atomic E-state index is 12.2. The van der Waals surface area contributed by atoms with Crippen molar-refractivity contribution in [2.24, 2.45) is 11.7 Å². The molecule has 0 bridgehead atoms. The quantitative estimate of drug-likeness (QED) is 0.196. The first-order valence-corrected chi connectivity index (χ1v) is 9.50. The number of unbranched alkanes of at least 4 members (excludes halogenated alkanes) is 3. The predicted molar refractivity (Wildman–Crippen MR) is 91.0 cm³/mol. The summed E-state index contributed by atoms with van der Waals surface area (Å²) in [5.41, 5.74) is 6.38. The largest absolute Gasteiger partial charge is 0.443 e. The summed E-state index contributed by atoms with van der Waals surface area (Å²) in [4.78, 5) is 12.2. The van der Waals surface area contributed by atoms with Crippen molar-refractivity contribution < 1.29 is 18.6 Å². The third kappa shape index (κ3) is 9.19. The Morgan fingerprint density at radius 2 is 2.04 bits per heavy atom. The van der Waals surface area contributed by atoms with E-state index in [2.05, 4.69) is 6.92 Å². The zero-order chi connectivity index (χ0) is 16.9. The second-order valence-electron chi connectivity index (χ2n) is 6.26. The van der Waals surface area contributed by atoms with Crippen molar-refractivity contribution in [1.29, 1.82) is 0 Å². The molecule has 1 fully saturated rings. The van der Waals surface area contributed by atoms with Crippen molar-refractivity contribution >= 4 is 14.7 Å². The number of ether oxygens (including phenoxy) is 1. The molecule has 5 nitrogen and oxygen atoms in total. The fraction of sp³-hybridized carbons (Fsp3) is 0.824. The highest BCUT2D eigenvalue weighted by Gasteiger charge is 2.20. The summed E-state index contributed by atoms with van der Waals surface area (Å²) in [6, 6.07) is 0. The van der Waals surface area contributed by atoms with Crippen molar-refractivity contribution in [3.05, 3.63) is 11.6 Å². The topological polar surface area (TPSA) is 78.6 Å². The number of nitrogens with two attached hydrogens (primary N) is 1. The minimum Gasteiger partial charge on any atom is -0.443 e. The number of hydrogen-bond donors (Lipinski definition) is 1. The molecule has 0 spiro atoms. The average molecular weight is 343 g/mol. The van der Waals surface area contributed by atoms with Gasteiger partial charge >= 0.3 is 14.7 Å². The lowest BCUT2D eigenvalue weighted by molar-refractivity contribution is -0.145. The second kappa shape index (κ2) is 12.6. The van der Waals surface area contributed by atoms with Gasteiger partial charge in [0, 0.05) is 6.42 Å². The van der Waals surface area contributed by atoms with Gasteiger partial charge in [-0.2, -0.15) is 0 Å². The van der Waals surface area contributed by atoms with E-state index < -0.39 is 20.9 Å². The summed E-state index contributed by atoms with van der Waals surface area (Å²) in [5, 5.41) is 0. The molecular formula is C17H30NO4P. The smallest absolute Gasteiger partial charge is 0.337 e. The van der Waals surface area contributed by atoms with Crippen LogP contribution in [0.15, 0.2) is 11.6 Å². The average Bonchev–Trinajstić information content (AvgIpc) is 2.55. The molecule has 0 aliphatic heterocycles. The molecule has 0 aromatic carbocycles. The van der Waals surface area contributed by atoms with E-state index >= 15 is 0 Å². The number of carbonyl (C=O) groups is 1. The van der Waals surface area contributed by atoms with Gasteiger partial charge in [0.2, 0.25) is 0 Å². The lowest BCUT2D eigenvalue weighted by Crippen LogP contribution is -2.31. The Hall–Kier alpha value is -0.770. The van der Waals surface area contributed by atoms with Gasteiger partial charge in [-0.05, 0) is 18.8 Å². The van der Waals surface area contributed by atoms with Crippen molar-refractivity contribution in [1.82, 2.24) is 0 Å². The first-order valence-electron chi connectivity index (χ1n) is 8.77. The Kier molecular flexibility index (Phi) is 11.1. The molecule has 1 saturated carbocycles. The van der Waals surface area contributed by atoms with E-state index in [0.717, 1.165) is 32.1 Å². The fourth-order valence-corrected chi connectivity index (χ4v) is 3.17. The fourth-order valence-electron chi connectivity index (χ4n) is 2.98. The van der Waals surface area contributed by atoms with Crippen LogP contribution in [0, 0.1) is 5.92 Å². The van der Waals surface area contributed by atoms with Crippen LogP contribution < -0.4 is 5.73 Å². The minimum absolute atomic E-state index is 0.00778. The van der Waals surface area contributed by atoms with Gasteiger partial charge in [0.05, 0.1) is 12.2 Å². The molecule has 0 aromatic heterocycles. The van der Waals surface area contributed by atoms with Crippen LogP contribution in [0.5, 0.6) is 0 Å². The molecule has 6 heteroatoms. The van der Waals surface area contributed by atoms with Gasteiger partial charge in [-0.1, -0.05) is 57.9 Å². The molecular weight excluding hydrogens is 313 g/mol. The molecule has 0 radical (unpaired) electrons. The first-order chi connectivity index (χ1) is 11.2. The summed E-state index contributed by atoms with van der Waals surface area (Å²) in [6.45, 7) is 2.12. The van der Waals surface area contributed by atoms with Crippen LogP contribution in [0.2, 0.25) is 0 Å². The molecule has 1 aliphatic carbocycles. The molecule has 1 unspecified atom stereocenters. The van der Waals surface area contributed by atoms with Crippen molar-refractivity contribution in [2.75, 3.05) is 6.61 Å². The maximum Gasteiger partial charge on any atom is 0.337 e. The molecule has 1 atom stereocenters. The molecule has 0 aromatic rings. The summed E-state index contributed by atoms with van der Waals surface area (Å²) < 4.78 is 20.6. The monoisotopic (exact) mass is 343 g/mol. The Labute approximate surface area is 141 Å². The van der Waals surface area contributed by atoms with Gasteiger partial charge in [0.25, 0.3) is 0 Å². The normalized spacial score (nSPS) is 18.1. The van der Waals surface area contributed by atoms with Crippen LogP contribution in [0.3, 0.4) is 0 Å². The van der Waals surface area contributed by atoms with Crippen molar-refractivity contribution in [3.63, 3.8) is 0 Å². The van der Waals surface area contributed by atoms with E-state index in [9.17, 15) is 9.36 Å². The third-order valence-corrected chi connectivity index (χ3v) is 4.52. The SMILES string of the molecule is CCCCC/C=C(\COP=O)C(=O)OC(N)CC1CCCCC1. The Morgan fingerprint density at radius 1 is 1.30 bits per heavy atom. The van der Waals surface area contributed by atoms with Crippen LogP contribution in [-0.4, -0.2) is 18.8 Å². The van der Waals surface area contributed by atoms with Gasteiger partial charge in [0.1, 0.15) is 0 Å². The summed E-state index contributed by atoms with van der Waals surface area (Å²) in [6.07, 6.45) is 12.1. The molecule has 0 amide bonds. The van der Waals surface area contributed by atoms with Crippen LogP contribution in [-0.2, 0) is 18.6 Å². The molecule has 23 heavy (non-hydrogen) atoms. The second-order valence-corrected chi connectivity index (χ2v) is 6.66. The van der Waals surface area contributed by atoms with Gasteiger partial charge in [-0.3, -0.25) is 10.3 Å². The van der Waals surface area contributed by atoms with Crippen molar-refractivity contribution in [2.45, 2.75) is 77.4 Å². The minimum atomic E-state index is -0.575. The highest BCUT2D eigenvalue weighted by molar-refractivity contribution is 7.17. The van der Waals surface area contributed by atoms with Gasteiger partial charge < -0.3 is 4.74 Å². The van der Waals surface area contributed by atoms with Crippen molar-refractivity contribution in [3.8, 4) is 0 Å². The van der Waals surface area contributed by atoms with Crippen LogP contribution >= 0.6 is 8.69 Å². The Morgan fingerprint density at radius 3 is 2.70 bits per heavy atom. The zero-order valence-electron chi connectivity index (χ0n) is 14.2. The molecule has 0 heterocycles. The molecule has 0 saturated heterocycles. The van der Waals surface area contributed by atoms with E-state index in [1.165, 1.54) is 32.1 Å². The lowest BCUT2D eigenvalue weighted by Gasteiger charge is -2.24. The lowest BCUT2D eigenvalue weighted by atomic mass is 9.86. The van der Waals surface area contributed by atoms with E-state index in [1.54, 1.807) is 0 Å². The van der Waals surface area contributed by atoms with E-state index in [-0.39, 0.29) is 6.61 Å². The molecule has 1 aliphatic rings. The Bertz CT molecular complexity index is 381.